The van der Waals surface area contributed by atoms with Gasteiger partial charge in [-0.25, -0.2) is 8.42 Å². The lowest BCUT2D eigenvalue weighted by molar-refractivity contribution is -0.385. The zero-order valence-electron chi connectivity index (χ0n) is 13.2. The predicted octanol–water partition coefficient (Wildman–Crippen LogP) is 1.14. The minimum absolute atomic E-state index is 0.0838. The molecule has 1 fully saturated rings. The van der Waals surface area contributed by atoms with Crippen molar-refractivity contribution in [3.05, 3.63) is 33.9 Å². The number of hydrogen-bond donors (Lipinski definition) is 0. The number of hydrogen-bond acceptors (Lipinski definition) is 5. The predicted molar refractivity (Wildman–Crippen MR) is 83.4 cm³/mol. The first kappa shape index (κ1) is 17.4. The minimum atomic E-state index is -3.97. The third-order valence-electron chi connectivity index (χ3n) is 3.97. The van der Waals surface area contributed by atoms with E-state index < -0.39 is 21.0 Å². The summed E-state index contributed by atoms with van der Waals surface area (Å²) >= 11 is 0. The zero-order chi connectivity index (χ0) is 17.4. The van der Waals surface area contributed by atoms with E-state index in [1.54, 1.807) is 14.1 Å². The third kappa shape index (κ3) is 3.06. The van der Waals surface area contributed by atoms with E-state index in [2.05, 4.69) is 0 Å². The third-order valence-corrected chi connectivity index (χ3v) is 6.02. The Morgan fingerprint density at radius 3 is 2.61 bits per heavy atom. The van der Waals surface area contributed by atoms with Crippen LogP contribution in [0.15, 0.2) is 23.1 Å². The molecule has 1 heterocycles. The van der Waals surface area contributed by atoms with Crippen LogP contribution in [0.4, 0.5) is 5.69 Å². The lowest BCUT2D eigenvalue weighted by Gasteiger charge is -2.26. The molecule has 0 N–H and O–H groups in total. The number of nitro groups is 1. The van der Waals surface area contributed by atoms with Gasteiger partial charge in [-0.15, -0.1) is 0 Å². The average Bonchev–Trinajstić information content (AvgIpc) is 2.96. The molecule has 0 spiro atoms. The van der Waals surface area contributed by atoms with Crippen molar-refractivity contribution in [2.24, 2.45) is 0 Å². The quantitative estimate of drug-likeness (QED) is 0.604. The van der Waals surface area contributed by atoms with Crippen molar-refractivity contribution in [3.63, 3.8) is 0 Å². The molecule has 0 saturated carbocycles. The maximum atomic E-state index is 12.9. The zero-order valence-corrected chi connectivity index (χ0v) is 14.0. The number of rotatable bonds is 4. The summed E-state index contributed by atoms with van der Waals surface area (Å²) in [5.74, 6) is -0.283. The van der Waals surface area contributed by atoms with Gasteiger partial charge in [0.2, 0.25) is 15.9 Å². The van der Waals surface area contributed by atoms with E-state index in [1.165, 1.54) is 30.0 Å². The molecule has 1 saturated heterocycles. The summed E-state index contributed by atoms with van der Waals surface area (Å²) in [5, 5.41) is 11.0. The molecule has 8 nitrogen and oxygen atoms in total. The van der Waals surface area contributed by atoms with Crippen LogP contribution >= 0.6 is 0 Å². The maximum absolute atomic E-state index is 12.9. The molecular formula is C14H19N3O5S. The molecule has 2 rings (SSSR count). The van der Waals surface area contributed by atoms with E-state index in [0.717, 1.165) is 4.31 Å². The Kier molecular flexibility index (Phi) is 4.71. The summed E-state index contributed by atoms with van der Waals surface area (Å²) in [6.07, 6.45) is 1.03. The van der Waals surface area contributed by atoms with Crippen LogP contribution in [0.1, 0.15) is 18.4 Å². The molecule has 1 amide bonds. The molecular weight excluding hydrogens is 322 g/mol. The number of carbonyl (C=O) groups is 1. The van der Waals surface area contributed by atoms with Gasteiger partial charge in [0, 0.05) is 32.3 Å². The van der Waals surface area contributed by atoms with Gasteiger partial charge in [0.15, 0.2) is 0 Å². The molecule has 0 aliphatic carbocycles. The summed E-state index contributed by atoms with van der Waals surface area (Å²) in [5.41, 5.74) is -0.166. The van der Waals surface area contributed by atoms with Crippen LogP contribution in [0.3, 0.4) is 0 Å². The first-order valence-electron chi connectivity index (χ1n) is 7.15. The fraction of sp³-hybridized carbons (Fsp3) is 0.500. The second-order valence-corrected chi connectivity index (χ2v) is 7.52. The van der Waals surface area contributed by atoms with Crippen molar-refractivity contribution in [3.8, 4) is 0 Å². The fourth-order valence-electron chi connectivity index (χ4n) is 2.78. The standard InChI is InChI=1S/C14H19N3O5S/c1-10-11(17(19)20)6-4-8-13(10)23(21,22)16-9-5-7-12(16)14(18)15(2)3/h4,6,8,12H,5,7,9H2,1-3H3. The van der Waals surface area contributed by atoms with Crippen LogP contribution in [-0.2, 0) is 14.8 Å². The smallest absolute Gasteiger partial charge is 0.273 e. The van der Waals surface area contributed by atoms with E-state index in [-0.39, 0.29) is 28.6 Å². The second kappa shape index (κ2) is 6.25. The van der Waals surface area contributed by atoms with Gasteiger partial charge in [-0.2, -0.15) is 4.31 Å². The minimum Gasteiger partial charge on any atom is -0.347 e. The maximum Gasteiger partial charge on any atom is 0.273 e. The normalized spacial score (nSPS) is 18.8. The number of amides is 1. The molecule has 126 valence electrons. The van der Waals surface area contributed by atoms with Crippen molar-refractivity contribution in [1.29, 1.82) is 0 Å². The Labute approximate surface area is 134 Å². The van der Waals surface area contributed by atoms with Gasteiger partial charge in [-0.3, -0.25) is 14.9 Å². The van der Waals surface area contributed by atoms with E-state index in [1.807, 2.05) is 0 Å². The monoisotopic (exact) mass is 341 g/mol. The summed E-state index contributed by atoms with van der Waals surface area (Å²) in [6, 6.07) is 3.19. The van der Waals surface area contributed by atoms with Crippen LogP contribution in [-0.4, -0.2) is 55.1 Å². The van der Waals surface area contributed by atoms with Crippen LogP contribution in [0.5, 0.6) is 0 Å². The lowest BCUT2D eigenvalue weighted by Crippen LogP contribution is -2.45. The molecule has 0 bridgehead atoms. The molecule has 1 unspecified atom stereocenters. The van der Waals surface area contributed by atoms with E-state index in [9.17, 15) is 23.3 Å². The van der Waals surface area contributed by atoms with Gasteiger partial charge >= 0.3 is 0 Å². The van der Waals surface area contributed by atoms with Crippen LogP contribution in [0.25, 0.3) is 0 Å². The number of likely N-dealkylation sites (N-methyl/N-ethyl adjacent to an activating group) is 1. The Bertz CT molecular complexity index is 745. The molecule has 1 aliphatic heterocycles. The van der Waals surface area contributed by atoms with Crippen molar-refractivity contribution in [2.75, 3.05) is 20.6 Å². The Morgan fingerprint density at radius 1 is 1.39 bits per heavy atom. The van der Waals surface area contributed by atoms with Crippen molar-refractivity contribution in [1.82, 2.24) is 9.21 Å². The molecule has 23 heavy (non-hydrogen) atoms. The molecule has 1 aromatic carbocycles. The molecule has 1 atom stereocenters. The first-order valence-corrected chi connectivity index (χ1v) is 8.59. The summed E-state index contributed by atoms with van der Waals surface area (Å²) in [7, 11) is -0.825. The first-order chi connectivity index (χ1) is 10.7. The molecule has 0 radical (unpaired) electrons. The van der Waals surface area contributed by atoms with Crippen molar-refractivity contribution in [2.45, 2.75) is 30.7 Å². The average molecular weight is 341 g/mol. The van der Waals surface area contributed by atoms with Crippen molar-refractivity contribution >= 4 is 21.6 Å². The van der Waals surface area contributed by atoms with Gasteiger partial charge in [0.1, 0.15) is 6.04 Å². The van der Waals surface area contributed by atoms with Gasteiger partial charge < -0.3 is 4.90 Å². The van der Waals surface area contributed by atoms with E-state index >= 15 is 0 Å². The Morgan fingerprint density at radius 2 is 2.04 bits per heavy atom. The van der Waals surface area contributed by atoms with Crippen LogP contribution in [0, 0.1) is 17.0 Å². The SMILES string of the molecule is Cc1c([N+](=O)[O-])cccc1S(=O)(=O)N1CCCC1C(=O)N(C)C. The highest BCUT2D eigenvalue weighted by atomic mass is 32.2. The topological polar surface area (TPSA) is 101 Å². The number of nitrogens with zero attached hydrogens (tertiary/aromatic N) is 3. The highest BCUT2D eigenvalue weighted by Crippen LogP contribution is 2.31. The summed E-state index contributed by atoms with van der Waals surface area (Å²) in [6.45, 7) is 1.64. The lowest BCUT2D eigenvalue weighted by atomic mass is 10.2. The van der Waals surface area contributed by atoms with Gasteiger partial charge in [-0.05, 0) is 25.8 Å². The largest absolute Gasteiger partial charge is 0.347 e. The second-order valence-electron chi connectivity index (χ2n) is 5.66. The van der Waals surface area contributed by atoms with E-state index in [0.29, 0.717) is 12.8 Å². The molecule has 1 aliphatic rings. The van der Waals surface area contributed by atoms with E-state index in [4.69, 9.17) is 0 Å². The highest BCUT2D eigenvalue weighted by Gasteiger charge is 2.41. The fourth-order valence-corrected chi connectivity index (χ4v) is 4.67. The van der Waals surface area contributed by atoms with Crippen molar-refractivity contribution < 1.29 is 18.1 Å². The van der Waals surface area contributed by atoms with Gasteiger partial charge in [-0.1, -0.05) is 6.07 Å². The molecule has 9 heteroatoms. The Hall–Kier alpha value is -2.00. The summed E-state index contributed by atoms with van der Waals surface area (Å²) in [4.78, 5) is 23.9. The number of nitro benzene ring substituents is 1. The van der Waals surface area contributed by atoms with Crippen LogP contribution in [0.2, 0.25) is 0 Å². The molecule has 0 aromatic heterocycles. The summed E-state index contributed by atoms with van der Waals surface area (Å²) < 4.78 is 27.0. The van der Waals surface area contributed by atoms with Gasteiger partial charge in [0.05, 0.1) is 9.82 Å². The number of benzene rings is 1. The van der Waals surface area contributed by atoms with Crippen LogP contribution < -0.4 is 0 Å². The molecule has 1 aromatic rings. The Balaban J connectivity index is 2.48. The number of carbonyl (C=O) groups excluding carboxylic acids is 1. The van der Waals surface area contributed by atoms with Gasteiger partial charge in [0.25, 0.3) is 5.69 Å². The highest BCUT2D eigenvalue weighted by molar-refractivity contribution is 7.89. The number of sulfonamides is 1.